The van der Waals surface area contributed by atoms with Gasteiger partial charge in [-0.2, -0.15) is 0 Å². The first-order valence-electron chi connectivity index (χ1n) is 10.8. The van der Waals surface area contributed by atoms with Crippen molar-refractivity contribution >= 4 is 46.4 Å². The number of amides is 2. The van der Waals surface area contributed by atoms with Crippen molar-refractivity contribution in [2.75, 3.05) is 30.3 Å². The van der Waals surface area contributed by atoms with Crippen LogP contribution in [0.1, 0.15) is 38.2 Å². The van der Waals surface area contributed by atoms with Gasteiger partial charge in [-0.05, 0) is 74.7 Å². The molecule has 2 amide bonds. The maximum absolute atomic E-state index is 12.6. The van der Waals surface area contributed by atoms with Crippen molar-refractivity contribution in [2.24, 2.45) is 5.92 Å². The molecule has 0 aliphatic carbocycles. The summed E-state index contributed by atoms with van der Waals surface area (Å²) in [6, 6.07) is 13.1. The molecule has 1 heterocycles. The minimum Gasteiger partial charge on any atom is -0.326 e. The van der Waals surface area contributed by atoms with Gasteiger partial charge in [0.05, 0.1) is 16.6 Å². The lowest BCUT2D eigenvalue weighted by Crippen LogP contribution is -2.41. The number of nitrogens with zero attached hydrogens (tertiary/aromatic N) is 1. The molecule has 5 nitrogen and oxygen atoms in total. The fourth-order valence-corrected chi connectivity index (χ4v) is 4.01. The predicted molar refractivity (Wildman–Crippen MR) is 128 cm³/mol. The number of hydrogen-bond donors (Lipinski definition) is 2. The summed E-state index contributed by atoms with van der Waals surface area (Å²) in [6.07, 6.45) is 4.90. The molecule has 0 bridgehead atoms. The van der Waals surface area contributed by atoms with Crippen molar-refractivity contribution in [3.8, 4) is 0 Å². The van der Waals surface area contributed by atoms with Crippen LogP contribution in [-0.2, 0) is 16.0 Å². The quantitative estimate of drug-likeness (QED) is 0.535. The van der Waals surface area contributed by atoms with E-state index in [9.17, 15) is 9.59 Å². The average molecular weight is 462 g/mol. The van der Waals surface area contributed by atoms with Crippen LogP contribution >= 0.6 is 23.2 Å². The van der Waals surface area contributed by atoms with E-state index in [2.05, 4.69) is 34.6 Å². The molecule has 0 radical (unpaired) electrons. The van der Waals surface area contributed by atoms with Crippen LogP contribution in [0.3, 0.4) is 0 Å². The van der Waals surface area contributed by atoms with Crippen LogP contribution in [0.25, 0.3) is 0 Å². The summed E-state index contributed by atoms with van der Waals surface area (Å²) in [5.41, 5.74) is 2.76. The number of likely N-dealkylation sites (tertiary alicyclic amines) is 1. The molecule has 31 heavy (non-hydrogen) atoms. The van der Waals surface area contributed by atoms with Gasteiger partial charge < -0.3 is 10.6 Å². The van der Waals surface area contributed by atoms with Crippen LogP contribution in [0, 0.1) is 5.92 Å². The van der Waals surface area contributed by atoms with Crippen LogP contribution in [0.2, 0.25) is 10.0 Å². The van der Waals surface area contributed by atoms with Crippen LogP contribution < -0.4 is 10.6 Å². The van der Waals surface area contributed by atoms with E-state index in [1.54, 1.807) is 18.2 Å². The molecule has 0 unspecified atom stereocenters. The lowest BCUT2D eigenvalue weighted by molar-refractivity contribution is -0.121. The summed E-state index contributed by atoms with van der Waals surface area (Å²) in [5.74, 6) is -0.0835. The van der Waals surface area contributed by atoms with Crippen molar-refractivity contribution in [1.82, 2.24) is 4.90 Å². The molecule has 0 spiro atoms. The third-order valence-electron chi connectivity index (χ3n) is 5.57. The van der Waals surface area contributed by atoms with E-state index < -0.39 is 0 Å². The van der Waals surface area contributed by atoms with E-state index in [0.717, 1.165) is 24.9 Å². The van der Waals surface area contributed by atoms with Crippen LogP contribution in [-0.4, -0.2) is 36.3 Å². The summed E-state index contributed by atoms with van der Waals surface area (Å²) < 4.78 is 0. The minimum absolute atomic E-state index is 0.0332. The smallest absolute Gasteiger partial charge is 0.238 e. The fourth-order valence-electron chi connectivity index (χ4n) is 3.71. The number of carbonyl (C=O) groups is 2. The molecule has 1 aliphatic rings. The number of unbranched alkanes of at least 4 members (excludes halogenated alkanes) is 1. The number of aryl methyl sites for hydroxylation is 1. The summed E-state index contributed by atoms with van der Waals surface area (Å²) in [7, 11) is 0. The van der Waals surface area contributed by atoms with Gasteiger partial charge in [0.25, 0.3) is 0 Å². The summed E-state index contributed by atoms with van der Waals surface area (Å²) in [6.45, 7) is 3.89. The number of rotatable bonds is 8. The first-order valence-corrected chi connectivity index (χ1v) is 11.6. The van der Waals surface area contributed by atoms with E-state index in [4.69, 9.17) is 23.2 Å². The van der Waals surface area contributed by atoms with Crippen LogP contribution in [0.5, 0.6) is 0 Å². The van der Waals surface area contributed by atoms with Crippen LogP contribution in [0.4, 0.5) is 11.4 Å². The first kappa shape index (κ1) is 23.6. The lowest BCUT2D eigenvalue weighted by Gasteiger charge is -2.30. The Labute approximate surface area is 194 Å². The highest BCUT2D eigenvalue weighted by Gasteiger charge is 2.26. The Kier molecular flexibility index (Phi) is 8.76. The number of halogens is 2. The van der Waals surface area contributed by atoms with Crippen molar-refractivity contribution in [3.05, 3.63) is 58.1 Å². The monoisotopic (exact) mass is 461 g/mol. The Morgan fingerprint density at radius 1 is 0.968 bits per heavy atom. The van der Waals surface area contributed by atoms with Gasteiger partial charge in [0.15, 0.2) is 0 Å². The molecule has 2 aromatic rings. The normalized spacial score (nSPS) is 14.9. The number of anilines is 2. The second kappa shape index (κ2) is 11.5. The van der Waals surface area contributed by atoms with Crippen molar-refractivity contribution in [2.45, 2.75) is 39.0 Å². The zero-order valence-corrected chi connectivity index (χ0v) is 19.3. The van der Waals surface area contributed by atoms with Gasteiger partial charge in [-0.1, -0.05) is 48.7 Å². The zero-order chi connectivity index (χ0) is 22.2. The van der Waals surface area contributed by atoms with E-state index in [-0.39, 0.29) is 24.3 Å². The molecule has 2 aromatic carbocycles. The maximum atomic E-state index is 12.6. The number of piperidine rings is 1. The summed E-state index contributed by atoms with van der Waals surface area (Å²) in [4.78, 5) is 27.0. The molecule has 3 rings (SSSR count). The SMILES string of the molecule is CCCCc1ccc(NC(=O)C2CCN(CC(=O)Nc3ccc(Cl)c(Cl)c3)CC2)cc1. The van der Waals surface area contributed by atoms with Crippen molar-refractivity contribution in [3.63, 3.8) is 0 Å². The summed E-state index contributed by atoms with van der Waals surface area (Å²) >= 11 is 11.9. The van der Waals surface area contributed by atoms with Crippen molar-refractivity contribution < 1.29 is 9.59 Å². The van der Waals surface area contributed by atoms with E-state index in [1.165, 1.54) is 18.4 Å². The second-order valence-electron chi connectivity index (χ2n) is 8.02. The van der Waals surface area contributed by atoms with Gasteiger partial charge in [0.2, 0.25) is 11.8 Å². The molecular formula is C24H29Cl2N3O2. The molecule has 1 aliphatic heterocycles. The molecular weight excluding hydrogens is 433 g/mol. The Balaban J connectivity index is 1.41. The van der Waals surface area contributed by atoms with Crippen LogP contribution in [0.15, 0.2) is 42.5 Å². The van der Waals surface area contributed by atoms with E-state index >= 15 is 0 Å². The van der Waals surface area contributed by atoms with Gasteiger partial charge in [-0.3, -0.25) is 14.5 Å². The van der Waals surface area contributed by atoms with Gasteiger partial charge in [0, 0.05) is 17.3 Å². The molecule has 0 aromatic heterocycles. The third-order valence-corrected chi connectivity index (χ3v) is 6.31. The predicted octanol–water partition coefficient (Wildman–Crippen LogP) is 5.63. The van der Waals surface area contributed by atoms with Gasteiger partial charge in [-0.15, -0.1) is 0 Å². The highest BCUT2D eigenvalue weighted by molar-refractivity contribution is 6.42. The molecule has 1 fully saturated rings. The van der Waals surface area contributed by atoms with E-state index in [0.29, 0.717) is 28.8 Å². The number of carbonyl (C=O) groups excluding carboxylic acids is 2. The average Bonchev–Trinajstić information content (AvgIpc) is 2.76. The number of hydrogen-bond acceptors (Lipinski definition) is 3. The standard InChI is InChI=1S/C24H29Cl2N3O2/c1-2-3-4-17-5-7-19(8-6-17)28-24(31)18-11-13-29(14-12-18)16-23(30)27-20-9-10-21(25)22(26)15-20/h5-10,15,18H,2-4,11-14,16H2,1H3,(H,27,30)(H,28,31). The fraction of sp³-hybridized carbons (Fsp3) is 0.417. The molecule has 7 heteroatoms. The molecule has 166 valence electrons. The Morgan fingerprint density at radius 2 is 1.65 bits per heavy atom. The molecule has 2 N–H and O–H groups in total. The molecule has 1 saturated heterocycles. The first-order chi connectivity index (χ1) is 14.9. The highest BCUT2D eigenvalue weighted by atomic mass is 35.5. The van der Waals surface area contributed by atoms with Crippen molar-refractivity contribution in [1.29, 1.82) is 0 Å². The zero-order valence-electron chi connectivity index (χ0n) is 17.8. The Hall–Kier alpha value is -2.08. The van der Waals surface area contributed by atoms with Gasteiger partial charge >= 0.3 is 0 Å². The highest BCUT2D eigenvalue weighted by Crippen LogP contribution is 2.25. The van der Waals surface area contributed by atoms with Gasteiger partial charge in [0.1, 0.15) is 0 Å². The molecule has 0 saturated carbocycles. The second-order valence-corrected chi connectivity index (χ2v) is 8.83. The third kappa shape index (κ3) is 7.23. The largest absolute Gasteiger partial charge is 0.326 e. The topological polar surface area (TPSA) is 61.4 Å². The van der Waals surface area contributed by atoms with E-state index in [1.807, 2.05) is 12.1 Å². The number of benzene rings is 2. The molecule has 0 atom stereocenters. The Morgan fingerprint density at radius 3 is 2.29 bits per heavy atom. The Bertz CT molecular complexity index is 894. The lowest BCUT2D eigenvalue weighted by atomic mass is 9.95. The number of nitrogens with one attached hydrogen (secondary N) is 2. The minimum atomic E-state index is -0.107. The maximum Gasteiger partial charge on any atom is 0.238 e. The summed E-state index contributed by atoms with van der Waals surface area (Å²) in [5, 5.41) is 6.73. The van der Waals surface area contributed by atoms with Gasteiger partial charge in [-0.25, -0.2) is 0 Å².